The second-order valence-electron chi connectivity index (χ2n) is 9.48. The summed E-state index contributed by atoms with van der Waals surface area (Å²) in [7, 11) is 4.11. The van der Waals surface area contributed by atoms with E-state index in [-0.39, 0.29) is 11.3 Å². The zero-order valence-corrected chi connectivity index (χ0v) is 19.0. The molecule has 28 heavy (non-hydrogen) atoms. The van der Waals surface area contributed by atoms with Gasteiger partial charge in [0, 0.05) is 31.0 Å². The van der Waals surface area contributed by atoms with Gasteiger partial charge in [-0.25, -0.2) is 0 Å². The molecule has 2 aromatic rings. The van der Waals surface area contributed by atoms with Crippen LogP contribution in [0, 0.1) is 0 Å². The third kappa shape index (κ3) is 4.95. The van der Waals surface area contributed by atoms with Gasteiger partial charge in [0.05, 0.1) is 0 Å². The molecule has 3 heteroatoms. The fourth-order valence-electron chi connectivity index (χ4n) is 3.29. The Kier molecular flexibility index (Phi) is 6.59. The van der Waals surface area contributed by atoms with Crippen LogP contribution in [0.15, 0.2) is 36.4 Å². The second-order valence-corrected chi connectivity index (χ2v) is 9.48. The average molecular weight is 381 g/mol. The zero-order chi connectivity index (χ0) is 21.2. The maximum Gasteiger partial charge on any atom is 0.255 e. The molecule has 0 saturated carbocycles. The van der Waals surface area contributed by atoms with E-state index < -0.39 is 0 Å². The Bertz CT molecular complexity index is 796. The first-order valence-electron chi connectivity index (χ1n) is 10.2. The SMILES string of the molecule is CC(C)c1cc(N(C)C)cc(C(C)C)c1NC(=O)c1ccc(C(C)(C)C)cc1. The molecule has 3 nitrogen and oxygen atoms in total. The molecule has 0 aliphatic carbocycles. The molecule has 1 N–H and O–H groups in total. The first kappa shape index (κ1) is 22.0. The van der Waals surface area contributed by atoms with Crippen molar-refractivity contribution in [1.82, 2.24) is 0 Å². The van der Waals surface area contributed by atoms with Crippen molar-refractivity contribution in [3.05, 3.63) is 58.7 Å². The number of carbonyl (C=O) groups is 1. The number of nitrogens with zero attached hydrogens (tertiary/aromatic N) is 1. The summed E-state index contributed by atoms with van der Waals surface area (Å²) in [6.45, 7) is 15.2. The number of carbonyl (C=O) groups excluding carboxylic acids is 1. The smallest absolute Gasteiger partial charge is 0.255 e. The summed E-state index contributed by atoms with van der Waals surface area (Å²) < 4.78 is 0. The number of hydrogen-bond donors (Lipinski definition) is 1. The van der Waals surface area contributed by atoms with Crippen LogP contribution in [-0.4, -0.2) is 20.0 Å². The van der Waals surface area contributed by atoms with E-state index in [0.717, 1.165) is 5.69 Å². The Morgan fingerprint density at radius 2 is 1.36 bits per heavy atom. The van der Waals surface area contributed by atoms with Crippen LogP contribution in [0.2, 0.25) is 0 Å². The molecule has 0 saturated heterocycles. The highest BCUT2D eigenvalue weighted by Gasteiger charge is 2.20. The van der Waals surface area contributed by atoms with Crippen molar-refractivity contribution in [1.29, 1.82) is 0 Å². The second kappa shape index (κ2) is 8.38. The molecule has 2 rings (SSSR count). The monoisotopic (exact) mass is 380 g/mol. The number of hydrogen-bond acceptors (Lipinski definition) is 2. The Morgan fingerprint density at radius 1 is 0.893 bits per heavy atom. The van der Waals surface area contributed by atoms with Crippen LogP contribution in [-0.2, 0) is 5.41 Å². The van der Waals surface area contributed by atoms with Crippen LogP contribution in [0.4, 0.5) is 11.4 Å². The van der Waals surface area contributed by atoms with Crippen molar-refractivity contribution in [2.75, 3.05) is 24.3 Å². The van der Waals surface area contributed by atoms with E-state index in [9.17, 15) is 4.79 Å². The molecule has 0 aliphatic heterocycles. The van der Waals surface area contributed by atoms with E-state index in [0.29, 0.717) is 17.4 Å². The largest absolute Gasteiger partial charge is 0.378 e. The van der Waals surface area contributed by atoms with Gasteiger partial charge in [-0.15, -0.1) is 0 Å². The maximum absolute atomic E-state index is 13.0. The fraction of sp³-hybridized carbons (Fsp3) is 0.480. The molecular weight excluding hydrogens is 344 g/mol. The third-order valence-electron chi connectivity index (χ3n) is 5.20. The molecule has 1 amide bonds. The molecule has 0 fully saturated rings. The predicted molar refractivity (Wildman–Crippen MR) is 122 cm³/mol. The van der Waals surface area contributed by atoms with E-state index in [2.05, 4.69) is 97.0 Å². The van der Waals surface area contributed by atoms with Crippen molar-refractivity contribution in [2.45, 2.75) is 65.7 Å². The van der Waals surface area contributed by atoms with Crippen LogP contribution in [0.1, 0.15) is 87.4 Å². The third-order valence-corrected chi connectivity index (χ3v) is 5.20. The lowest BCUT2D eigenvalue weighted by atomic mass is 9.86. The molecule has 0 heterocycles. The minimum Gasteiger partial charge on any atom is -0.378 e. The van der Waals surface area contributed by atoms with Crippen molar-refractivity contribution in [2.24, 2.45) is 0 Å². The highest BCUT2D eigenvalue weighted by molar-refractivity contribution is 6.05. The van der Waals surface area contributed by atoms with Gasteiger partial charge in [0.15, 0.2) is 0 Å². The van der Waals surface area contributed by atoms with Crippen molar-refractivity contribution in [3.8, 4) is 0 Å². The standard InChI is InChI=1S/C25H36N2O/c1-16(2)21-14-20(27(8)9)15-22(17(3)4)23(21)26-24(28)18-10-12-19(13-11-18)25(5,6)7/h10-17H,1-9H3,(H,26,28). The lowest BCUT2D eigenvalue weighted by Crippen LogP contribution is -2.18. The van der Waals surface area contributed by atoms with Gasteiger partial charge in [-0.1, -0.05) is 60.6 Å². The average Bonchev–Trinajstić information content (AvgIpc) is 2.60. The number of nitrogens with one attached hydrogen (secondary N) is 1. The van der Waals surface area contributed by atoms with E-state index in [1.54, 1.807) is 0 Å². The van der Waals surface area contributed by atoms with Gasteiger partial charge < -0.3 is 10.2 Å². The van der Waals surface area contributed by atoms with Gasteiger partial charge in [0.1, 0.15) is 0 Å². The minimum atomic E-state index is -0.0538. The van der Waals surface area contributed by atoms with Crippen LogP contribution in [0.5, 0.6) is 0 Å². The van der Waals surface area contributed by atoms with E-state index in [1.165, 1.54) is 22.4 Å². The van der Waals surface area contributed by atoms with Gasteiger partial charge in [-0.05, 0) is 58.2 Å². The van der Waals surface area contributed by atoms with Gasteiger partial charge >= 0.3 is 0 Å². The quantitative estimate of drug-likeness (QED) is 0.638. The number of amides is 1. The molecule has 0 radical (unpaired) electrons. The highest BCUT2D eigenvalue weighted by Crippen LogP contribution is 2.36. The van der Waals surface area contributed by atoms with Gasteiger partial charge in [-0.3, -0.25) is 4.79 Å². The molecule has 152 valence electrons. The molecule has 0 aromatic heterocycles. The summed E-state index contributed by atoms with van der Waals surface area (Å²) in [5, 5.41) is 3.23. The van der Waals surface area contributed by atoms with Gasteiger partial charge in [0.25, 0.3) is 5.91 Å². The van der Waals surface area contributed by atoms with Crippen LogP contribution in [0.25, 0.3) is 0 Å². The molecular formula is C25H36N2O. The first-order chi connectivity index (χ1) is 12.9. The van der Waals surface area contributed by atoms with E-state index in [1.807, 2.05) is 12.1 Å². The van der Waals surface area contributed by atoms with Gasteiger partial charge in [-0.2, -0.15) is 0 Å². The summed E-state index contributed by atoms with van der Waals surface area (Å²) in [4.78, 5) is 15.1. The van der Waals surface area contributed by atoms with Crippen LogP contribution in [0.3, 0.4) is 0 Å². The summed E-state index contributed by atoms with van der Waals surface area (Å²) in [6, 6.07) is 12.3. The van der Waals surface area contributed by atoms with Crippen molar-refractivity contribution in [3.63, 3.8) is 0 Å². The highest BCUT2D eigenvalue weighted by atomic mass is 16.1. The molecule has 0 unspecified atom stereocenters. The molecule has 0 spiro atoms. The summed E-state index contributed by atoms with van der Waals surface area (Å²) in [6.07, 6.45) is 0. The summed E-state index contributed by atoms with van der Waals surface area (Å²) in [5.41, 5.74) is 6.47. The first-order valence-corrected chi connectivity index (χ1v) is 10.2. The molecule has 0 aliphatic rings. The lowest BCUT2D eigenvalue weighted by Gasteiger charge is -2.24. The Hall–Kier alpha value is -2.29. The Morgan fingerprint density at radius 3 is 1.71 bits per heavy atom. The lowest BCUT2D eigenvalue weighted by molar-refractivity contribution is 0.102. The van der Waals surface area contributed by atoms with Crippen LogP contribution < -0.4 is 10.2 Å². The Balaban J connectivity index is 2.45. The topological polar surface area (TPSA) is 32.3 Å². The summed E-state index contributed by atoms with van der Waals surface area (Å²) >= 11 is 0. The number of benzene rings is 2. The van der Waals surface area contributed by atoms with Crippen molar-refractivity contribution < 1.29 is 4.79 Å². The molecule has 0 bridgehead atoms. The number of rotatable bonds is 5. The van der Waals surface area contributed by atoms with Crippen molar-refractivity contribution >= 4 is 17.3 Å². The van der Waals surface area contributed by atoms with E-state index >= 15 is 0 Å². The molecule has 0 atom stereocenters. The number of anilines is 2. The van der Waals surface area contributed by atoms with E-state index in [4.69, 9.17) is 0 Å². The molecule has 2 aromatic carbocycles. The van der Waals surface area contributed by atoms with Crippen LogP contribution >= 0.6 is 0 Å². The van der Waals surface area contributed by atoms with Gasteiger partial charge in [0.2, 0.25) is 0 Å². The predicted octanol–water partition coefficient (Wildman–Crippen LogP) is 6.55. The fourth-order valence-corrected chi connectivity index (χ4v) is 3.29. The maximum atomic E-state index is 13.0. The minimum absolute atomic E-state index is 0.0538. The summed E-state index contributed by atoms with van der Waals surface area (Å²) in [5.74, 6) is 0.578. The zero-order valence-electron chi connectivity index (χ0n) is 19.0. The Labute approximate surface area is 171 Å². The normalized spacial score (nSPS) is 11.8.